The standard InChI is InChI=1S/C9H11F3N2OS2/c1-5-6(17-8(16)14-5)4-7(15)13-3-2-9(10,11)12/h2-4H2,1H3,(H,13,15)(H,14,16). The molecule has 8 heteroatoms. The highest BCUT2D eigenvalue weighted by Gasteiger charge is 2.26. The molecule has 0 aromatic carbocycles. The maximum absolute atomic E-state index is 11.8. The Morgan fingerprint density at radius 1 is 1.53 bits per heavy atom. The number of hydrogen-bond acceptors (Lipinski definition) is 3. The van der Waals surface area contributed by atoms with Gasteiger partial charge in [-0.15, -0.1) is 11.3 Å². The molecule has 2 N–H and O–H groups in total. The second kappa shape index (κ2) is 5.63. The summed E-state index contributed by atoms with van der Waals surface area (Å²) in [6.07, 6.45) is -5.20. The molecule has 1 aromatic rings. The molecule has 0 aliphatic heterocycles. The van der Waals surface area contributed by atoms with Crippen molar-refractivity contribution in [2.45, 2.75) is 25.9 Å². The molecule has 1 amide bonds. The summed E-state index contributed by atoms with van der Waals surface area (Å²) in [5, 5.41) is 2.22. The molecule has 1 aromatic heterocycles. The van der Waals surface area contributed by atoms with E-state index in [1.165, 1.54) is 11.3 Å². The first kappa shape index (κ1) is 14.2. The number of aromatic amines is 1. The minimum Gasteiger partial charge on any atom is -0.355 e. The average molecular weight is 284 g/mol. The van der Waals surface area contributed by atoms with Gasteiger partial charge in [-0.2, -0.15) is 13.2 Å². The zero-order chi connectivity index (χ0) is 13.1. The van der Waals surface area contributed by atoms with Gasteiger partial charge >= 0.3 is 6.18 Å². The van der Waals surface area contributed by atoms with Crippen LogP contribution in [0.15, 0.2) is 0 Å². The Kier molecular flexibility index (Phi) is 4.70. The van der Waals surface area contributed by atoms with Crippen LogP contribution in [0.4, 0.5) is 13.2 Å². The van der Waals surface area contributed by atoms with Crippen molar-refractivity contribution in [2.24, 2.45) is 0 Å². The van der Waals surface area contributed by atoms with E-state index in [2.05, 4.69) is 10.3 Å². The lowest BCUT2D eigenvalue weighted by molar-refractivity contribution is -0.135. The van der Waals surface area contributed by atoms with Crippen LogP contribution in [0.5, 0.6) is 0 Å². The lowest BCUT2D eigenvalue weighted by atomic mass is 10.3. The summed E-state index contributed by atoms with van der Waals surface area (Å²) in [6.45, 7) is 1.38. The topological polar surface area (TPSA) is 44.9 Å². The van der Waals surface area contributed by atoms with Gasteiger partial charge in [-0.3, -0.25) is 4.79 Å². The van der Waals surface area contributed by atoms with Gasteiger partial charge in [0, 0.05) is 17.1 Å². The fourth-order valence-corrected chi connectivity index (χ4v) is 2.45. The van der Waals surface area contributed by atoms with E-state index in [4.69, 9.17) is 12.2 Å². The lowest BCUT2D eigenvalue weighted by Crippen LogP contribution is -2.29. The lowest BCUT2D eigenvalue weighted by Gasteiger charge is -2.07. The second-order valence-corrected chi connectivity index (χ2v) is 5.23. The first-order valence-electron chi connectivity index (χ1n) is 4.80. The smallest absolute Gasteiger partial charge is 0.355 e. The Morgan fingerprint density at radius 3 is 2.65 bits per heavy atom. The Bertz CT molecular complexity index is 450. The normalized spacial score (nSPS) is 11.5. The molecule has 17 heavy (non-hydrogen) atoms. The molecule has 1 rings (SSSR count). The summed E-state index contributed by atoms with van der Waals surface area (Å²) in [4.78, 5) is 15.0. The molecule has 0 bridgehead atoms. The number of alkyl halides is 3. The number of nitrogens with one attached hydrogen (secondary N) is 2. The van der Waals surface area contributed by atoms with Crippen LogP contribution in [0.25, 0.3) is 0 Å². The summed E-state index contributed by atoms with van der Waals surface area (Å²) in [6, 6.07) is 0. The second-order valence-electron chi connectivity index (χ2n) is 3.45. The number of amides is 1. The summed E-state index contributed by atoms with van der Waals surface area (Å²) in [7, 11) is 0. The fourth-order valence-electron chi connectivity index (χ4n) is 1.16. The van der Waals surface area contributed by atoms with Gasteiger partial charge in [0.1, 0.15) is 0 Å². The van der Waals surface area contributed by atoms with E-state index in [-0.39, 0.29) is 6.42 Å². The van der Waals surface area contributed by atoms with E-state index in [9.17, 15) is 18.0 Å². The summed E-state index contributed by atoms with van der Waals surface area (Å²) in [5.74, 6) is -0.428. The highest BCUT2D eigenvalue weighted by molar-refractivity contribution is 7.73. The Morgan fingerprint density at radius 2 is 2.18 bits per heavy atom. The zero-order valence-electron chi connectivity index (χ0n) is 8.98. The van der Waals surface area contributed by atoms with E-state index >= 15 is 0 Å². The molecule has 0 radical (unpaired) electrons. The molecule has 0 fully saturated rings. The van der Waals surface area contributed by atoms with Crippen molar-refractivity contribution in [3.05, 3.63) is 14.5 Å². The van der Waals surface area contributed by atoms with Crippen LogP contribution in [0.2, 0.25) is 0 Å². The van der Waals surface area contributed by atoms with Crippen LogP contribution < -0.4 is 5.32 Å². The number of thiazole rings is 1. The van der Waals surface area contributed by atoms with E-state index < -0.39 is 25.0 Å². The van der Waals surface area contributed by atoms with Gasteiger partial charge in [0.15, 0.2) is 3.95 Å². The largest absolute Gasteiger partial charge is 0.390 e. The molecule has 96 valence electrons. The number of aromatic nitrogens is 1. The molecule has 0 aliphatic carbocycles. The van der Waals surface area contributed by atoms with Crippen LogP contribution in [0, 0.1) is 10.9 Å². The zero-order valence-corrected chi connectivity index (χ0v) is 10.6. The summed E-state index contributed by atoms with van der Waals surface area (Å²) < 4.78 is 36.1. The number of rotatable bonds is 4. The highest BCUT2D eigenvalue weighted by atomic mass is 32.1. The van der Waals surface area contributed by atoms with Crippen molar-refractivity contribution in [3.63, 3.8) is 0 Å². The first-order valence-corrected chi connectivity index (χ1v) is 6.02. The monoisotopic (exact) mass is 284 g/mol. The van der Waals surface area contributed by atoms with Gasteiger partial charge in [0.2, 0.25) is 5.91 Å². The molecule has 0 aliphatic rings. The molecule has 0 saturated carbocycles. The maximum atomic E-state index is 11.8. The third-order valence-electron chi connectivity index (χ3n) is 1.98. The van der Waals surface area contributed by atoms with Crippen molar-refractivity contribution in [1.82, 2.24) is 10.3 Å². The van der Waals surface area contributed by atoms with Crippen LogP contribution in [-0.2, 0) is 11.2 Å². The molecule has 0 atom stereocenters. The minimum atomic E-state index is -4.24. The fraction of sp³-hybridized carbons (Fsp3) is 0.556. The number of halogens is 3. The molecule has 1 heterocycles. The van der Waals surface area contributed by atoms with E-state index in [0.717, 1.165) is 10.6 Å². The number of H-pyrrole nitrogens is 1. The van der Waals surface area contributed by atoms with Crippen LogP contribution in [0.3, 0.4) is 0 Å². The number of carbonyl (C=O) groups is 1. The average Bonchev–Trinajstić information content (AvgIpc) is 2.42. The van der Waals surface area contributed by atoms with Gasteiger partial charge in [-0.05, 0) is 19.1 Å². The van der Waals surface area contributed by atoms with E-state index in [1.54, 1.807) is 6.92 Å². The number of carbonyl (C=O) groups excluding carboxylic acids is 1. The van der Waals surface area contributed by atoms with Crippen LogP contribution in [-0.4, -0.2) is 23.6 Å². The maximum Gasteiger partial charge on any atom is 0.390 e. The van der Waals surface area contributed by atoms with E-state index in [1.807, 2.05) is 0 Å². The SMILES string of the molecule is Cc1[nH]c(=S)sc1CC(=O)NCCC(F)(F)F. The van der Waals surface area contributed by atoms with E-state index in [0.29, 0.717) is 3.95 Å². The summed E-state index contributed by atoms with van der Waals surface area (Å²) >= 11 is 6.15. The predicted octanol–water partition coefficient (Wildman–Crippen LogP) is 2.73. The first-order chi connectivity index (χ1) is 7.78. The van der Waals surface area contributed by atoms with Gasteiger partial charge in [-0.1, -0.05) is 0 Å². The van der Waals surface area contributed by atoms with Crippen molar-refractivity contribution in [2.75, 3.05) is 6.54 Å². The predicted molar refractivity (Wildman–Crippen MR) is 61.6 cm³/mol. The number of hydrogen-bond donors (Lipinski definition) is 2. The van der Waals surface area contributed by atoms with Crippen molar-refractivity contribution < 1.29 is 18.0 Å². The molecular formula is C9H11F3N2OS2. The summed E-state index contributed by atoms with van der Waals surface area (Å²) in [5.41, 5.74) is 0.783. The third kappa shape index (κ3) is 5.31. The number of aryl methyl sites for hydroxylation is 1. The molecule has 0 saturated heterocycles. The quantitative estimate of drug-likeness (QED) is 0.835. The highest BCUT2D eigenvalue weighted by Crippen LogP contribution is 2.18. The Hall–Kier alpha value is -0.890. The van der Waals surface area contributed by atoms with Gasteiger partial charge in [-0.25, -0.2) is 0 Å². The van der Waals surface area contributed by atoms with Crippen LogP contribution in [0.1, 0.15) is 17.0 Å². The molecule has 3 nitrogen and oxygen atoms in total. The Labute approximate surface area is 105 Å². The Balaban J connectivity index is 2.40. The molecule has 0 unspecified atom stereocenters. The third-order valence-corrected chi connectivity index (χ3v) is 3.31. The molecule has 0 spiro atoms. The van der Waals surface area contributed by atoms with Crippen LogP contribution >= 0.6 is 23.6 Å². The van der Waals surface area contributed by atoms with Gasteiger partial charge in [0.25, 0.3) is 0 Å². The van der Waals surface area contributed by atoms with Gasteiger partial charge < -0.3 is 10.3 Å². The minimum absolute atomic E-state index is 0.0570. The molecular weight excluding hydrogens is 273 g/mol. The van der Waals surface area contributed by atoms with Gasteiger partial charge in [0.05, 0.1) is 12.8 Å². The van der Waals surface area contributed by atoms with Crippen molar-refractivity contribution >= 4 is 29.5 Å². The van der Waals surface area contributed by atoms with Crippen molar-refractivity contribution in [1.29, 1.82) is 0 Å². The van der Waals surface area contributed by atoms with Crippen molar-refractivity contribution in [3.8, 4) is 0 Å².